The van der Waals surface area contributed by atoms with Crippen LogP contribution < -0.4 is 11.5 Å². The Bertz CT molecular complexity index is 754. The molecule has 0 aliphatic rings. The predicted molar refractivity (Wildman–Crippen MR) is 96.4 cm³/mol. The van der Waals surface area contributed by atoms with Gasteiger partial charge in [0.1, 0.15) is 23.3 Å². The first-order valence-electron chi connectivity index (χ1n) is 6.68. The fourth-order valence-electron chi connectivity index (χ4n) is 1.45. The average molecular weight is 395 g/mol. The minimum atomic E-state index is -0.380. The van der Waals surface area contributed by atoms with Gasteiger partial charge in [-0.3, -0.25) is 9.59 Å². The van der Waals surface area contributed by atoms with E-state index in [9.17, 15) is 9.59 Å². The van der Waals surface area contributed by atoms with E-state index in [1.54, 1.807) is 12.1 Å². The topological polar surface area (TPSA) is 160 Å². The summed E-state index contributed by atoms with van der Waals surface area (Å²) in [6.07, 6.45) is 0. The first-order chi connectivity index (χ1) is 11.8. The van der Waals surface area contributed by atoms with Crippen LogP contribution in [0.15, 0.2) is 31.2 Å². The van der Waals surface area contributed by atoms with E-state index in [0.29, 0.717) is 8.68 Å². The van der Waals surface area contributed by atoms with Crippen LogP contribution in [0.2, 0.25) is 0 Å². The van der Waals surface area contributed by atoms with Crippen LogP contribution in [0.5, 0.6) is 0 Å². The Kier molecular flexibility index (Phi) is 8.15. The highest BCUT2D eigenvalue weighted by atomic mass is 32.2. The first-order valence-corrected chi connectivity index (χ1v) is 9.47. The van der Waals surface area contributed by atoms with Crippen molar-refractivity contribution >= 4 is 46.4 Å². The van der Waals surface area contributed by atoms with Crippen molar-refractivity contribution in [3.8, 4) is 12.1 Å². The molecule has 1 heterocycles. The number of nitriles is 2. The molecule has 25 heavy (non-hydrogen) atoms. The maximum absolute atomic E-state index is 11.9. The van der Waals surface area contributed by atoms with E-state index in [0.717, 1.165) is 23.5 Å². The van der Waals surface area contributed by atoms with Crippen molar-refractivity contribution in [3.05, 3.63) is 22.5 Å². The number of hydrogen-bond donors (Lipinski definition) is 2. The van der Waals surface area contributed by atoms with Crippen LogP contribution in [0.4, 0.5) is 0 Å². The number of hydrogen-bond acceptors (Lipinski definition) is 11. The molecule has 0 fully saturated rings. The zero-order valence-electron chi connectivity index (χ0n) is 13.4. The van der Waals surface area contributed by atoms with Crippen LogP contribution in [0.3, 0.4) is 0 Å². The highest BCUT2D eigenvalue weighted by Gasteiger charge is 2.16. The number of nitrogens with two attached hydrogens (primary N) is 2. The van der Waals surface area contributed by atoms with Crippen molar-refractivity contribution in [1.29, 1.82) is 10.5 Å². The zero-order valence-corrected chi connectivity index (χ0v) is 15.8. The predicted octanol–water partition coefficient (Wildman–Crippen LogP) is 1.37. The molecule has 0 unspecified atom stereocenters. The normalized spacial score (nSPS) is 12.5. The van der Waals surface area contributed by atoms with Crippen molar-refractivity contribution in [2.45, 2.75) is 22.5 Å². The summed E-state index contributed by atoms with van der Waals surface area (Å²) in [5.74, 6) is -0.726. The van der Waals surface area contributed by atoms with Crippen LogP contribution in [0.1, 0.15) is 13.8 Å². The largest absolute Gasteiger partial charge is 0.401 e. The number of carbonyl (C=O) groups is 2. The lowest BCUT2D eigenvalue weighted by atomic mass is 10.2. The molecule has 0 saturated carbocycles. The zero-order chi connectivity index (χ0) is 19.0. The number of Topliss-reactive ketones (excluding diaryl/α,β-unsaturated/α-hetero) is 2. The summed E-state index contributed by atoms with van der Waals surface area (Å²) in [4.78, 5) is 23.7. The standard InChI is InChI=1S/C14H14N6O2S3/c1-7(17)9(3-15)11(21)5-23-13-19-20-14(25-13)24-6-12(22)10(4-16)8(2)18/h5-6,17-18H2,1-2H3/b9-7-,10-8-. The second-order valence-corrected chi connectivity index (χ2v) is 8.02. The number of aromatic nitrogens is 2. The van der Waals surface area contributed by atoms with Crippen molar-refractivity contribution in [1.82, 2.24) is 10.2 Å². The van der Waals surface area contributed by atoms with Crippen molar-refractivity contribution in [2.75, 3.05) is 11.5 Å². The van der Waals surface area contributed by atoms with Crippen molar-refractivity contribution in [2.24, 2.45) is 11.5 Å². The van der Waals surface area contributed by atoms with Gasteiger partial charge in [-0.25, -0.2) is 0 Å². The summed E-state index contributed by atoms with van der Waals surface area (Å²) >= 11 is 3.48. The fourth-order valence-corrected chi connectivity index (χ4v) is 4.22. The quantitative estimate of drug-likeness (QED) is 0.374. The van der Waals surface area contributed by atoms with Gasteiger partial charge in [0.2, 0.25) is 0 Å². The second-order valence-electron chi connectivity index (χ2n) is 4.60. The third-order valence-electron chi connectivity index (χ3n) is 2.61. The second kappa shape index (κ2) is 9.84. The molecule has 0 amide bonds. The van der Waals surface area contributed by atoms with Gasteiger partial charge in [0.05, 0.1) is 11.5 Å². The molecular weight excluding hydrogens is 380 g/mol. The van der Waals surface area contributed by atoms with Crippen LogP contribution in [0, 0.1) is 22.7 Å². The summed E-state index contributed by atoms with van der Waals surface area (Å²) in [6.45, 7) is 2.98. The van der Waals surface area contributed by atoms with E-state index in [1.165, 1.54) is 25.2 Å². The van der Waals surface area contributed by atoms with Crippen molar-refractivity contribution < 1.29 is 9.59 Å². The fraction of sp³-hybridized carbons (Fsp3) is 0.286. The molecule has 0 bridgehead atoms. The van der Waals surface area contributed by atoms with E-state index < -0.39 is 0 Å². The molecular formula is C14H14N6O2S3. The lowest BCUT2D eigenvalue weighted by Crippen LogP contribution is -2.10. The maximum Gasteiger partial charge on any atom is 0.185 e. The first kappa shape index (κ1) is 20.7. The number of ketones is 2. The maximum atomic E-state index is 11.9. The van der Waals surface area contributed by atoms with Gasteiger partial charge in [0.15, 0.2) is 20.2 Å². The van der Waals surface area contributed by atoms with E-state index in [-0.39, 0.29) is 45.6 Å². The van der Waals surface area contributed by atoms with E-state index in [2.05, 4.69) is 10.2 Å². The van der Waals surface area contributed by atoms with E-state index in [4.69, 9.17) is 22.0 Å². The number of nitrogens with zero attached hydrogens (tertiary/aromatic N) is 4. The minimum Gasteiger partial charge on any atom is -0.401 e. The molecule has 0 spiro atoms. The Hall–Kier alpha value is -2.34. The van der Waals surface area contributed by atoms with Gasteiger partial charge in [0, 0.05) is 11.4 Å². The Morgan fingerprint density at radius 3 is 1.60 bits per heavy atom. The molecule has 0 aliphatic heterocycles. The molecule has 1 rings (SSSR count). The SMILES string of the molecule is C/C(N)=C(\C#N)C(=O)CSc1nnc(SCC(=O)/C(C#N)=C(/C)N)s1. The Morgan fingerprint density at radius 2 is 1.32 bits per heavy atom. The highest BCUT2D eigenvalue weighted by molar-refractivity contribution is 8.03. The van der Waals surface area contributed by atoms with Gasteiger partial charge in [-0.05, 0) is 13.8 Å². The molecule has 0 saturated heterocycles. The molecule has 1 aromatic rings. The third kappa shape index (κ3) is 6.23. The van der Waals surface area contributed by atoms with Gasteiger partial charge in [0.25, 0.3) is 0 Å². The van der Waals surface area contributed by atoms with Crippen molar-refractivity contribution in [3.63, 3.8) is 0 Å². The molecule has 0 atom stereocenters. The Balaban J connectivity index is 2.61. The molecule has 0 radical (unpaired) electrons. The third-order valence-corrected chi connectivity index (χ3v) is 5.80. The average Bonchev–Trinajstić information content (AvgIpc) is 2.99. The summed E-state index contributed by atoms with van der Waals surface area (Å²) in [5, 5.41) is 25.6. The molecule has 130 valence electrons. The highest BCUT2D eigenvalue weighted by Crippen LogP contribution is 2.29. The lowest BCUT2D eigenvalue weighted by Gasteiger charge is -1.99. The van der Waals surface area contributed by atoms with Gasteiger partial charge in [-0.1, -0.05) is 34.9 Å². The summed E-state index contributed by atoms with van der Waals surface area (Å²) in [7, 11) is 0. The smallest absolute Gasteiger partial charge is 0.185 e. The van der Waals surface area contributed by atoms with Gasteiger partial charge in [-0.15, -0.1) is 10.2 Å². The molecule has 0 aromatic carbocycles. The minimum absolute atomic E-state index is 0.0172. The number of rotatable bonds is 8. The summed E-state index contributed by atoms with van der Waals surface area (Å²) in [5.41, 5.74) is 11.2. The van der Waals surface area contributed by atoms with E-state index >= 15 is 0 Å². The van der Waals surface area contributed by atoms with Gasteiger partial charge in [-0.2, -0.15) is 10.5 Å². The number of carbonyl (C=O) groups excluding carboxylic acids is 2. The summed E-state index contributed by atoms with van der Waals surface area (Å²) in [6, 6.07) is 3.55. The molecule has 4 N–H and O–H groups in total. The van der Waals surface area contributed by atoms with Crippen LogP contribution in [-0.4, -0.2) is 33.3 Å². The number of allylic oxidation sites excluding steroid dienone is 4. The number of thioether (sulfide) groups is 2. The summed E-state index contributed by atoms with van der Waals surface area (Å²) < 4.78 is 1.06. The lowest BCUT2D eigenvalue weighted by molar-refractivity contribution is -0.113. The van der Waals surface area contributed by atoms with Crippen LogP contribution >= 0.6 is 34.9 Å². The molecule has 8 nitrogen and oxygen atoms in total. The van der Waals surface area contributed by atoms with E-state index in [1.807, 2.05) is 0 Å². The molecule has 0 aliphatic carbocycles. The van der Waals surface area contributed by atoms with Crippen LogP contribution in [0.25, 0.3) is 0 Å². The Labute approximate surface area is 157 Å². The van der Waals surface area contributed by atoms with Gasteiger partial charge < -0.3 is 11.5 Å². The Morgan fingerprint density at radius 1 is 0.960 bits per heavy atom. The van der Waals surface area contributed by atoms with Crippen LogP contribution in [-0.2, 0) is 9.59 Å². The molecule has 1 aromatic heterocycles. The molecule has 11 heteroatoms. The monoisotopic (exact) mass is 394 g/mol. The van der Waals surface area contributed by atoms with Gasteiger partial charge >= 0.3 is 0 Å².